The molecule has 0 radical (unpaired) electrons. The van der Waals surface area contributed by atoms with Crippen LogP contribution in [0.15, 0.2) is 42.7 Å². The molecular weight excluding hydrogens is 272 g/mol. The van der Waals surface area contributed by atoms with Gasteiger partial charge >= 0.3 is 0 Å². The van der Waals surface area contributed by atoms with Crippen LogP contribution in [0, 0.1) is 0 Å². The lowest BCUT2D eigenvalue weighted by Crippen LogP contribution is -2.14. The maximum absolute atomic E-state index is 11.9. The highest BCUT2D eigenvalue weighted by Crippen LogP contribution is 2.11. The lowest BCUT2D eigenvalue weighted by molar-refractivity contribution is 0.102. The van der Waals surface area contributed by atoms with Crippen molar-refractivity contribution in [3.8, 4) is 0 Å². The van der Waals surface area contributed by atoms with Crippen LogP contribution in [0.2, 0.25) is 0 Å². The fourth-order valence-corrected chi connectivity index (χ4v) is 1.55. The Kier molecular flexibility index (Phi) is 3.46. The number of hydrogen-bond acceptors (Lipinski definition) is 7. The Labute approximate surface area is 118 Å². The van der Waals surface area contributed by atoms with Crippen LogP contribution in [0.25, 0.3) is 0 Å². The Bertz CT molecular complexity index is 711. The maximum Gasteiger partial charge on any atom is 0.261 e. The van der Waals surface area contributed by atoms with Gasteiger partial charge in [-0.25, -0.2) is 15.1 Å². The molecule has 104 valence electrons. The van der Waals surface area contributed by atoms with E-state index in [-0.39, 0.29) is 5.95 Å². The molecule has 0 unspecified atom stereocenters. The summed E-state index contributed by atoms with van der Waals surface area (Å²) in [4.78, 5) is 20.0. The molecule has 1 aromatic carbocycles. The van der Waals surface area contributed by atoms with Crippen LogP contribution >= 0.6 is 0 Å². The molecular formula is C12H10N8O. The third kappa shape index (κ3) is 3.15. The van der Waals surface area contributed by atoms with E-state index in [0.29, 0.717) is 11.5 Å². The van der Waals surface area contributed by atoms with Crippen LogP contribution in [-0.4, -0.2) is 36.5 Å². The molecule has 0 saturated heterocycles. The van der Waals surface area contributed by atoms with Gasteiger partial charge in [0.1, 0.15) is 0 Å². The smallest absolute Gasteiger partial charge is 0.261 e. The van der Waals surface area contributed by atoms with E-state index in [1.54, 1.807) is 0 Å². The molecule has 0 spiro atoms. The van der Waals surface area contributed by atoms with E-state index in [0.717, 1.165) is 5.69 Å². The third-order valence-electron chi connectivity index (χ3n) is 2.52. The number of amides is 1. The standard InChI is InChI=1S/C12H10N8O/c21-10(16-12-17-19-20-18-12)8-6-13-11(14-7-8)15-9-4-2-1-3-5-9/h1-7H,(H,13,14,15)(H2,16,17,18,19,20,21). The number of benzene rings is 1. The highest BCUT2D eigenvalue weighted by molar-refractivity contribution is 6.02. The molecule has 0 aliphatic heterocycles. The topological polar surface area (TPSA) is 121 Å². The van der Waals surface area contributed by atoms with Crippen LogP contribution in [0.1, 0.15) is 10.4 Å². The number of aromatic amines is 1. The summed E-state index contributed by atoms with van der Waals surface area (Å²) in [6.45, 7) is 0. The summed E-state index contributed by atoms with van der Waals surface area (Å²) >= 11 is 0. The molecule has 21 heavy (non-hydrogen) atoms. The van der Waals surface area contributed by atoms with Gasteiger partial charge in [0, 0.05) is 18.1 Å². The summed E-state index contributed by atoms with van der Waals surface area (Å²) in [5.74, 6) is 0.158. The van der Waals surface area contributed by atoms with Crippen LogP contribution < -0.4 is 10.6 Å². The number of rotatable bonds is 4. The van der Waals surface area contributed by atoms with E-state index in [1.807, 2.05) is 30.3 Å². The molecule has 2 aromatic heterocycles. The van der Waals surface area contributed by atoms with Crippen molar-refractivity contribution in [2.75, 3.05) is 10.6 Å². The van der Waals surface area contributed by atoms with Crippen molar-refractivity contribution < 1.29 is 4.79 Å². The number of nitrogens with one attached hydrogen (secondary N) is 3. The summed E-state index contributed by atoms with van der Waals surface area (Å²) < 4.78 is 0. The Morgan fingerprint density at radius 3 is 2.52 bits per heavy atom. The third-order valence-corrected chi connectivity index (χ3v) is 2.52. The quantitative estimate of drug-likeness (QED) is 0.652. The van der Waals surface area contributed by atoms with E-state index in [4.69, 9.17) is 0 Å². The van der Waals surface area contributed by atoms with Gasteiger partial charge in [-0.1, -0.05) is 23.3 Å². The van der Waals surface area contributed by atoms with Crippen molar-refractivity contribution in [1.29, 1.82) is 0 Å². The number of carbonyl (C=O) groups excluding carboxylic acids is 1. The highest BCUT2D eigenvalue weighted by Gasteiger charge is 2.09. The van der Waals surface area contributed by atoms with Crippen molar-refractivity contribution in [3.05, 3.63) is 48.3 Å². The molecule has 2 heterocycles. The fourth-order valence-electron chi connectivity index (χ4n) is 1.55. The lowest BCUT2D eigenvalue weighted by atomic mass is 10.3. The number of tetrazole rings is 1. The van der Waals surface area contributed by atoms with Gasteiger partial charge in [-0.05, 0) is 22.6 Å². The van der Waals surface area contributed by atoms with Gasteiger partial charge in [0.2, 0.25) is 11.9 Å². The Morgan fingerprint density at radius 1 is 1.10 bits per heavy atom. The molecule has 0 aliphatic rings. The largest absolute Gasteiger partial charge is 0.324 e. The zero-order valence-electron chi connectivity index (χ0n) is 10.7. The number of hydrogen-bond donors (Lipinski definition) is 3. The number of nitrogens with zero attached hydrogens (tertiary/aromatic N) is 5. The van der Waals surface area contributed by atoms with Crippen LogP contribution in [-0.2, 0) is 0 Å². The second-order valence-electron chi connectivity index (χ2n) is 3.99. The molecule has 1 amide bonds. The normalized spacial score (nSPS) is 10.1. The molecule has 9 heteroatoms. The minimum absolute atomic E-state index is 0.159. The van der Waals surface area contributed by atoms with Gasteiger partial charge in [-0.15, -0.1) is 0 Å². The number of aromatic nitrogens is 6. The van der Waals surface area contributed by atoms with Crippen molar-refractivity contribution in [2.45, 2.75) is 0 Å². The van der Waals surface area contributed by atoms with Gasteiger partial charge in [0.15, 0.2) is 0 Å². The zero-order chi connectivity index (χ0) is 14.5. The second-order valence-corrected chi connectivity index (χ2v) is 3.99. The number of anilines is 3. The Morgan fingerprint density at radius 2 is 1.86 bits per heavy atom. The first kappa shape index (κ1) is 12.7. The minimum atomic E-state index is -0.403. The van der Waals surface area contributed by atoms with Crippen molar-refractivity contribution in [3.63, 3.8) is 0 Å². The molecule has 0 aliphatic carbocycles. The monoisotopic (exact) mass is 282 g/mol. The van der Waals surface area contributed by atoms with Crippen LogP contribution in [0.3, 0.4) is 0 Å². The summed E-state index contributed by atoms with van der Waals surface area (Å²) in [6, 6.07) is 9.49. The van der Waals surface area contributed by atoms with Gasteiger partial charge in [-0.2, -0.15) is 0 Å². The van der Waals surface area contributed by atoms with E-state index in [9.17, 15) is 4.79 Å². The minimum Gasteiger partial charge on any atom is -0.324 e. The highest BCUT2D eigenvalue weighted by atomic mass is 16.1. The van der Waals surface area contributed by atoms with Gasteiger partial charge in [0.25, 0.3) is 5.91 Å². The van der Waals surface area contributed by atoms with Crippen LogP contribution in [0.5, 0.6) is 0 Å². The molecule has 3 rings (SSSR count). The molecule has 0 saturated carbocycles. The van der Waals surface area contributed by atoms with Crippen LogP contribution in [0.4, 0.5) is 17.6 Å². The summed E-state index contributed by atoms with van der Waals surface area (Å²) in [5.41, 5.74) is 1.16. The fraction of sp³-hybridized carbons (Fsp3) is 0. The van der Waals surface area contributed by atoms with Crippen molar-refractivity contribution in [2.24, 2.45) is 0 Å². The first-order chi connectivity index (χ1) is 10.3. The van der Waals surface area contributed by atoms with Gasteiger partial charge in [-0.3, -0.25) is 10.1 Å². The Balaban J connectivity index is 1.68. The van der Waals surface area contributed by atoms with Gasteiger partial charge in [0.05, 0.1) is 5.56 Å². The molecule has 0 fully saturated rings. The molecule has 3 N–H and O–H groups in total. The SMILES string of the molecule is O=C(Nc1nnn[nH]1)c1cnc(Nc2ccccc2)nc1. The zero-order valence-corrected chi connectivity index (χ0v) is 10.7. The number of carbonyl (C=O) groups is 1. The van der Waals surface area contributed by atoms with E-state index >= 15 is 0 Å². The summed E-state index contributed by atoms with van der Waals surface area (Å²) in [6.07, 6.45) is 2.83. The second kappa shape index (κ2) is 5.74. The maximum atomic E-state index is 11.9. The average molecular weight is 282 g/mol. The van der Waals surface area contributed by atoms with E-state index < -0.39 is 5.91 Å². The number of H-pyrrole nitrogens is 1. The summed E-state index contributed by atoms with van der Waals surface area (Å²) in [5, 5.41) is 18.2. The van der Waals surface area contributed by atoms with Gasteiger partial charge < -0.3 is 5.32 Å². The number of para-hydroxylation sites is 1. The van der Waals surface area contributed by atoms with E-state index in [2.05, 4.69) is 41.2 Å². The molecule has 9 nitrogen and oxygen atoms in total. The Hall–Kier alpha value is -3.36. The lowest BCUT2D eigenvalue weighted by Gasteiger charge is -2.05. The molecule has 0 bridgehead atoms. The summed E-state index contributed by atoms with van der Waals surface area (Å²) in [7, 11) is 0. The average Bonchev–Trinajstić information content (AvgIpc) is 3.02. The van der Waals surface area contributed by atoms with E-state index in [1.165, 1.54) is 12.4 Å². The van der Waals surface area contributed by atoms with Crippen molar-refractivity contribution >= 4 is 23.5 Å². The first-order valence-corrected chi connectivity index (χ1v) is 6.00. The first-order valence-electron chi connectivity index (χ1n) is 6.00. The molecule has 0 atom stereocenters. The predicted molar refractivity (Wildman–Crippen MR) is 73.9 cm³/mol. The van der Waals surface area contributed by atoms with Crippen molar-refractivity contribution in [1.82, 2.24) is 30.6 Å². The molecule has 3 aromatic rings. The predicted octanol–water partition coefficient (Wildman–Crippen LogP) is 0.986.